The first-order valence-electron chi connectivity index (χ1n) is 6.49. The largest absolute Gasteiger partial charge is 0.496 e. The van der Waals surface area contributed by atoms with Crippen molar-refractivity contribution in [2.24, 2.45) is 5.92 Å². The number of benzene rings is 1. The molecule has 1 aromatic carbocycles. The van der Waals surface area contributed by atoms with Crippen molar-refractivity contribution in [3.05, 3.63) is 29.3 Å². The molecule has 1 N–H and O–H groups in total. The third kappa shape index (κ3) is 3.05. The summed E-state index contributed by atoms with van der Waals surface area (Å²) in [6.07, 6.45) is 2.49. The first-order chi connectivity index (χ1) is 9.13. The van der Waals surface area contributed by atoms with Crippen molar-refractivity contribution in [3.8, 4) is 11.8 Å². The van der Waals surface area contributed by atoms with Gasteiger partial charge in [-0.1, -0.05) is 11.6 Å². The Hall–Kier alpha value is -2.02. The minimum atomic E-state index is -0.121. The van der Waals surface area contributed by atoms with Crippen LogP contribution in [-0.2, 0) is 0 Å². The molecule has 1 aliphatic rings. The Morgan fingerprint density at radius 3 is 2.89 bits per heavy atom. The van der Waals surface area contributed by atoms with E-state index in [1.807, 2.05) is 19.1 Å². The fourth-order valence-corrected chi connectivity index (χ4v) is 2.49. The molecule has 1 saturated carbocycles. The molecule has 100 valence electrons. The Balaban J connectivity index is 2.08. The van der Waals surface area contributed by atoms with Gasteiger partial charge in [-0.2, -0.15) is 5.26 Å². The molecular formula is C15H18N2O2. The number of nitrogens with zero attached hydrogens (tertiary/aromatic N) is 1. The summed E-state index contributed by atoms with van der Waals surface area (Å²) >= 11 is 0. The molecule has 19 heavy (non-hydrogen) atoms. The smallest absolute Gasteiger partial charge is 0.255 e. The molecule has 1 aliphatic carbocycles. The lowest BCUT2D eigenvalue weighted by Crippen LogP contribution is -2.33. The van der Waals surface area contributed by atoms with E-state index in [9.17, 15) is 4.79 Å². The number of rotatable bonds is 3. The molecule has 1 aromatic rings. The standard InChI is InChI=1S/C15H18N2O2/c1-10-3-6-14(19-2)13(7-10)15(18)17-12-5-4-11(8-12)9-16/h3,6-7,11-12H,4-5,8H2,1-2H3,(H,17,18)/t11-,12+/m0/s1. The number of methoxy groups -OCH3 is 1. The molecule has 0 bridgehead atoms. The van der Waals surface area contributed by atoms with E-state index in [-0.39, 0.29) is 17.9 Å². The fraction of sp³-hybridized carbons (Fsp3) is 0.467. The second kappa shape index (κ2) is 5.75. The van der Waals surface area contributed by atoms with E-state index in [1.165, 1.54) is 0 Å². The summed E-state index contributed by atoms with van der Waals surface area (Å²) in [5, 5.41) is 11.9. The van der Waals surface area contributed by atoms with Gasteiger partial charge in [0, 0.05) is 12.0 Å². The molecule has 1 fully saturated rings. The molecule has 2 atom stereocenters. The predicted molar refractivity (Wildman–Crippen MR) is 71.9 cm³/mol. The summed E-state index contributed by atoms with van der Waals surface area (Å²) in [7, 11) is 1.56. The number of carbonyl (C=O) groups is 1. The van der Waals surface area contributed by atoms with Gasteiger partial charge in [0.1, 0.15) is 5.75 Å². The molecule has 0 aliphatic heterocycles. The van der Waals surface area contributed by atoms with Crippen LogP contribution in [0.5, 0.6) is 5.75 Å². The summed E-state index contributed by atoms with van der Waals surface area (Å²) < 4.78 is 5.22. The van der Waals surface area contributed by atoms with Crippen molar-refractivity contribution in [1.82, 2.24) is 5.32 Å². The van der Waals surface area contributed by atoms with Crippen LogP contribution < -0.4 is 10.1 Å². The minimum absolute atomic E-state index is 0.0738. The zero-order chi connectivity index (χ0) is 13.8. The molecule has 0 unspecified atom stereocenters. The van der Waals surface area contributed by atoms with Crippen LogP contribution in [0.15, 0.2) is 18.2 Å². The Bertz CT molecular complexity index is 519. The lowest BCUT2D eigenvalue weighted by Gasteiger charge is -2.14. The monoisotopic (exact) mass is 258 g/mol. The SMILES string of the molecule is COc1ccc(C)cc1C(=O)N[C@@H]1CC[C@H](C#N)C1. The topological polar surface area (TPSA) is 62.1 Å². The summed E-state index contributed by atoms with van der Waals surface area (Å²) in [4.78, 5) is 12.3. The number of nitriles is 1. The number of ether oxygens (including phenoxy) is 1. The Kier molecular flexibility index (Phi) is 4.06. The summed E-state index contributed by atoms with van der Waals surface area (Å²) in [5.74, 6) is 0.534. The average molecular weight is 258 g/mol. The van der Waals surface area contributed by atoms with Crippen LogP contribution in [0.25, 0.3) is 0 Å². The highest BCUT2D eigenvalue weighted by Gasteiger charge is 2.26. The molecule has 4 heteroatoms. The number of nitrogens with one attached hydrogen (secondary N) is 1. The molecule has 0 aromatic heterocycles. The van der Waals surface area contributed by atoms with Crippen molar-refractivity contribution in [2.75, 3.05) is 7.11 Å². The van der Waals surface area contributed by atoms with Crippen molar-refractivity contribution < 1.29 is 9.53 Å². The van der Waals surface area contributed by atoms with Crippen molar-refractivity contribution in [3.63, 3.8) is 0 Å². The van der Waals surface area contributed by atoms with Gasteiger partial charge in [0.25, 0.3) is 5.91 Å². The van der Waals surface area contributed by atoms with E-state index in [0.29, 0.717) is 11.3 Å². The number of amides is 1. The zero-order valence-electron chi connectivity index (χ0n) is 11.3. The second-order valence-corrected chi connectivity index (χ2v) is 5.01. The first-order valence-corrected chi connectivity index (χ1v) is 6.49. The maximum Gasteiger partial charge on any atom is 0.255 e. The van der Waals surface area contributed by atoms with Gasteiger partial charge in [-0.3, -0.25) is 4.79 Å². The van der Waals surface area contributed by atoms with E-state index < -0.39 is 0 Å². The number of aryl methyl sites for hydroxylation is 1. The first kappa shape index (κ1) is 13.4. The van der Waals surface area contributed by atoms with Crippen LogP contribution in [0.3, 0.4) is 0 Å². The highest BCUT2D eigenvalue weighted by atomic mass is 16.5. The summed E-state index contributed by atoms with van der Waals surface area (Å²) in [5.41, 5.74) is 1.58. The van der Waals surface area contributed by atoms with Crippen molar-refractivity contribution >= 4 is 5.91 Å². The van der Waals surface area contributed by atoms with Gasteiger partial charge in [-0.15, -0.1) is 0 Å². The normalized spacial score (nSPS) is 21.7. The minimum Gasteiger partial charge on any atom is -0.496 e. The zero-order valence-corrected chi connectivity index (χ0v) is 11.3. The van der Waals surface area contributed by atoms with Crippen LogP contribution in [0, 0.1) is 24.2 Å². The van der Waals surface area contributed by atoms with Gasteiger partial charge in [-0.25, -0.2) is 0 Å². The summed E-state index contributed by atoms with van der Waals surface area (Å²) in [6.45, 7) is 1.94. The third-order valence-corrected chi connectivity index (χ3v) is 3.55. The van der Waals surface area contributed by atoms with Crippen LogP contribution in [0.2, 0.25) is 0 Å². The Morgan fingerprint density at radius 1 is 1.47 bits per heavy atom. The number of hydrogen-bond donors (Lipinski definition) is 1. The maximum absolute atomic E-state index is 12.3. The number of hydrogen-bond acceptors (Lipinski definition) is 3. The van der Waals surface area contributed by atoms with E-state index in [0.717, 1.165) is 24.8 Å². The molecule has 0 heterocycles. The van der Waals surface area contributed by atoms with E-state index in [1.54, 1.807) is 13.2 Å². The average Bonchev–Trinajstić information content (AvgIpc) is 2.86. The van der Waals surface area contributed by atoms with Gasteiger partial charge < -0.3 is 10.1 Å². The van der Waals surface area contributed by atoms with Crippen molar-refractivity contribution in [1.29, 1.82) is 5.26 Å². The van der Waals surface area contributed by atoms with Gasteiger partial charge in [0.2, 0.25) is 0 Å². The van der Waals surface area contributed by atoms with E-state index >= 15 is 0 Å². The van der Waals surface area contributed by atoms with Crippen LogP contribution >= 0.6 is 0 Å². The van der Waals surface area contributed by atoms with Gasteiger partial charge in [-0.05, 0) is 38.3 Å². The molecule has 2 rings (SSSR count). The van der Waals surface area contributed by atoms with E-state index in [4.69, 9.17) is 10.00 Å². The Morgan fingerprint density at radius 2 is 2.26 bits per heavy atom. The van der Waals surface area contributed by atoms with Crippen molar-refractivity contribution in [2.45, 2.75) is 32.2 Å². The fourth-order valence-electron chi connectivity index (χ4n) is 2.49. The van der Waals surface area contributed by atoms with Crippen LogP contribution in [0.4, 0.5) is 0 Å². The second-order valence-electron chi connectivity index (χ2n) is 5.01. The Labute approximate surface area is 113 Å². The quantitative estimate of drug-likeness (QED) is 0.905. The highest BCUT2D eigenvalue weighted by molar-refractivity contribution is 5.97. The highest BCUT2D eigenvalue weighted by Crippen LogP contribution is 2.26. The molecule has 1 amide bonds. The van der Waals surface area contributed by atoms with Gasteiger partial charge in [0.05, 0.1) is 18.7 Å². The number of carbonyl (C=O) groups excluding carboxylic acids is 1. The summed E-state index contributed by atoms with van der Waals surface area (Å²) in [6, 6.07) is 7.90. The molecule has 0 radical (unpaired) electrons. The molecule has 0 spiro atoms. The lowest BCUT2D eigenvalue weighted by molar-refractivity contribution is 0.0934. The van der Waals surface area contributed by atoms with E-state index in [2.05, 4.69) is 11.4 Å². The molecule has 0 saturated heterocycles. The lowest BCUT2D eigenvalue weighted by atomic mass is 10.1. The predicted octanol–water partition coefficient (Wildman–Crippen LogP) is 2.43. The van der Waals surface area contributed by atoms with Crippen LogP contribution in [0.1, 0.15) is 35.2 Å². The molecular weight excluding hydrogens is 240 g/mol. The van der Waals surface area contributed by atoms with Crippen LogP contribution in [-0.4, -0.2) is 19.1 Å². The molecule has 4 nitrogen and oxygen atoms in total. The van der Waals surface area contributed by atoms with Gasteiger partial charge >= 0.3 is 0 Å². The third-order valence-electron chi connectivity index (χ3n) is 3.55. The van der Waals surface area contributed by atoms with Gasteiger partial charge in [0.15, 0.2) is 0 Å². The maximum atomic E-state index is 12.3.